The molecule has 0 aromatic carbocycles. The molecule has 0 aromatic heterocycles. The Balaban J connectivity index is 2.44. The summed E-state index contributed by atoms with van der Waals surface area (Å²) in [5.41, 5.74) is -0.810. The van der Waals surface area contributed by atoms with Crippen molar-refractivity contribution in [2.45, 2.75) is 59.6 Å². The maximum atomic E-state index is 11.9. The maximum Gasteiger partial charge on any atom is 0.239 e. The second kappa shape index (κ2) is 5.35. The fourth-order valence-electron chi connectivity index (χ4n) is 2.39. The average Bonchev–Trinajstić information content (AvgIpc) is 2.33. The molecule has 1 rings (SSSR count). The predicted molar refractivity (Wildman–Crippen MR) is 78.2 cm³/mol. The number of rotatable bonds is 4. The summed E-state index contributed by atoms with van der Waals surface area (Å²) in [4.78, 5) is 23.6. The van der Waals surface area contributed by atoms with Gasteiger partial charge in [0.15, 0.2) is 0 Å². The van der Waals surface area contributed by atoms with Gasteiger partial charge in [-0.05, 0) is 13.3 Å². The van der Waals surface area contributed by atoms with Crippen molar-refractivity contribution < 1.29 is 14.3 Å². The molecule has 1 aliphatic rings. The lowest BCUT2D eigenvalue weighted by molar-refractivity contribution is -0.182. The SMILES string of the molecule is CO[C@]1(C)C[C@@H](NC(=O)CNC(=O)C(C)(C)C)C1(C)C. The van der Waals surface area contributed by atoms with E-state index in [1.54, 1.807) is 7.11 Å². The lowest BCUT2D eigenvalue weighted by Gasteiger charge is -2.59. The largest absolute Gasteiger partial charge is 0.378 e. The number of hydrogen-bond donors (Lipinski definition) is 2. The summed E-state index contributed by atoms with van der Waals surface area (Å²) in [5.74, 6) is -0.277. The zero-order valence-corrected chi connectivity index (χ0v) is 13.7. The van der Waals surface area contributed by atoms with Crippen LogP contribution in [0.4, 0.5) is 0 Å². The Morgan fingerprint density at radius 3 is 2.20 bits per heavy atom. The molecular weight excluding hydrogens is 256 g/mol. The van der Waals surface area contributed by atoms with Crippen LogP contribution in [0.2, 0.25) is 0 Å². The normalized spacial score (nSPS) is 28.4. The van der Waals surface area contributed by atoms with Gasteiger partial charge >= 0.3 is 0 Å². The minimum Gasteiger partial charge on any atom is -0.378 e. The molecular formula is C15H28N2O3. The highest BCUT2D eigenvalue weighted by Crippen LogP contribution is 2.51. The van der Waals surface area contributed by atoms with E-state index in [0.29, 0.717) is 0 Å². The summed E-state index contributed by atoms with van der Waals surface area (Å²) in [6, 6.07) is 0.0755. The number of methoxy groups -OCH3 is 1. The highest BCUT2D eigenvalue weighted by Gasteiger charge is 2.58. The molecule has 2 atom stereocenters. The van der Waals surface area contributed by atoms with Gasteiger partial charge in [0.1, 0.15) is 0 Å². The molecule has 0 bridgehead atoms. The molecule has 0 aromatic rings. The zero-order chi connectivity index (χ0) is 15.8. The highest BCUT2D eigenvalue weighted by atomic mass is 16.5. The Kier molecular flexibility index (Phi) is 4.54. The lowest BCUT2D eigenvalue weighted by Crippen LogP contribution is -2.69. The van der Waals surface area contributed by atoms with Crippen molar-refractivity contribution in [3.63, 3.8) is 0 Å². The predicted octanol–water partition coefficient (Wildman–Crippen LogP) is 1.47. The van der Waals surface area contributed by atoms with Gasteiger partial charge in [-0.2, -0.15) is 0 Å². The van der Waals surface area contributed by atoms with E-state index in [9.17, 15) is 9.59 Å². The van der Waals surface area contributed by atoms with Crippen molar-refractivity contribution >= 4 is 11.8 Å². The van der Waals surface area contributed by atoms with E-state index in [2.05, 4.69) is 31.4 Å². The third-order valence-electron chi connectivity index (χ3n) is 4.70. The van der Waals surface area contributed by atoms with E-state index in [4.69, 9.17) is 4.74 Å². The van der Waals surface area contributed by atoms with Gasteiger partial charge in [-0.1, -0.05) is 34.6 Å². The number of hydrogen-bond acceptors (Lipinski definition) is 3. The smallest absolute Gasteiger partial charge is 0.239 e. The quantitative estimate of drug-likeness (QED) is 0.821. The van der Waals surface area contributed by atoms with Crippen molar-refractivity contribution in [2.24, 2.45) is 10.8 Å². The number of carbonyl (C=O) groups is 2. The van der Waals surface area contributed by atoms with Crippen molar-refractivity contribution in [1.82, 2.24) is 10.6 Å². The Labute approximate surface area is 121 Å². The zero-order valence-electron chi connectivity index (χ0n) is 13.7. The van der Waals surface area contributed by atoms with E-state index in [1.807, 2.05) is 20.8 Å². The first-order valence-corrected chi connectivity index (χ1v) is 7.07. The van der Waals surface area contributed by atoms with Crippen molar-refractivity contribution in [3.8, 4) is 0 Å². The van der Waals surface area contributed by atoms with Crippen LogP contribution in [-0.4, -0.2) is 37.1 Å². The second-order valence-electron chi connectivity index (χ2n) is 7.41. The Morgan fingerprint density at radius 2 is 1.80 bits per heavy atom. The molecule has 1 aliphatic carbocycles. The van der Waals surface area contributed by atoms with E-state index in [-0.39, 0.29) is 35.4 Å². The summed E-state index contributed by atoms with van der Waals surface area (Å²) in [7, 11) is 1.70. The van der Waals surface area contributed by atoms with Gasteiger partial charge in [0, 0.05) is 24.0 Å². The summed E-state index contributed by atoms with van der Waals surface area (Å²) in [6.07, 6.45) is 0.787. The highest BCUT2D eigenvalue weighted by molar-refractivity contribution is 5.87. The van der Waals surface area contributed by atoms with Crippen molar-refractivity contribution in [2.75, 3.05) is 13.7 Å². The van der Waals surface area contributed by atoms with Gasteiger partial charge < -0.3 is 15.4 Å². The lowest BCUT2D eigenvalue weighted by atomic mass is 9.56. The monoisotopic (exact) mass is 284 g/mol. The molecule has 2 amide bonds. The molecule has 20 heavy (non-hydrogen) atoms. The third kappa shape index (κ3) is 3.14. The minimum absolute atomic E-state index is 0.0202. The topological polar surface area (TPSA) is 67.4 Å². The van der Waals surface area contributed by atoms with E-state index in [0.717, 1.165) is 6.42 Å². The van der Waals surface area contributed by atoms with Crippen molar-refractivity contribution in [3.05, 3.63) is 0 Å². The number of ether oxygens (including phenoxy) is 1. The molecule has 0 saturated heterocycles. The van der Waals surface area contributed by atoms with E-state index < -0.39 is 5.41 Å². The van der Waals surface area contributed by atoms with Crippen LogP contribution < -0.4 is 10.6 Å². The van der Waals surface area contributed by atoms with Gasteiger partial charge in [-0.3, -0.25) is 9.59 Å². The number of amides is 2. The maximum absolute atomic E-state index is 11.9. The molecule has 0 radical (unpaired) electrons. The molecule has 0 aliphatic heterocycles. The van der Waals surface area contributed by atoms with Crippen molar-refractivity contribution in [1.29, 1.82) is 0 Å². The molecule has 2 N–H and O–H groups in total. The molecule has 5 heteroatoms. The van der Waals surface area contributed by atoms with Gasteiger partial charge in [-0.25, -0.2) is 0 Å². The molecule has 0 heterocycles. The molecule has 0 unspecified atom stereocenters. The first-order valence-electron chi connectivity index (χ1n) is 7.07. The summed E-state index contributed by atoms with van der Waals surface area (Å²) in [6.45, 7) is 11.7. The first-order chi connectivity index (χ1) is 8.94. The van der Waals surface area contributed by atoms with Crippen LogP contribution in [0, 0.1) is 10.8 Å². The fourth-order valence-corrected chi connectivity index (χ4v) is 2.39. The molecule has 1 fully saturated rings. The molecule has 1 saturated carbocycles. The standard InChI is InChI=1S/C15H28N2O3/c1-13(2,3)12(19)16-9-11(18)17-10-8-15(6,20-7)14(10,4)5/h10H,8-9H2,1-7H3,(H,16,19)(H,17,18)/t10-,15-/m1/s1. The summed E-state index contributed by atoms with van der Waals surface area (Å²) >= 11 is 0. The van der Waals surface area contributed by atoms with E-state index >= 15 is 0 Å². The van der Waals surface area contributed by atoms with Gasteiger partial charge in [-0.15, -0.1) is 0 Å². The third-order valence-corrected chi connectivity index (χ3v) is 4.70. The van der Waals surface area contributed by atoms with E-state index in [1.165, 1.54) is 0 Å². The Bertz CT molecular complexity index is 398. The van der Waals surface area contributed by atoms with Gasteiger partial charge in [0.2, 0.25) is 11.8 Å². The number of nitrogens with one attached hydrogen (secondary N) is 2. The average molecular weight is 284 g/mol. The fraction of sp³-hybridized carbons (Fsp3) is 0.867. The Morgan fingerprint density at radius 1 is 1.25 bits per heavy atom. The van der Waals surface area contributed by atoms with Crippen LogP contribution in [0.3, 0.4) is 0 Å². The van der Waals surface area contributed by atoms with Crippen LogP contribution in [0.25, 0.3) is 0 Å². The summed E-state index contributed by atoms with van der Waals surface area (Å²) < 4.78 is 5.52. The van der Waals surface area contributed by atoms with Crippen LogP contribution in [0.5, 0.6) is 0 Å². The van der Waals surface area contributed by atoms with Crippen LogP contribution in [0.15, 0.2) is 0 Å². The Hall–Kier alpha value is -1.10. The molecule has 116 valence electrons. The minimum atomic E-state index is -0.482. The summed E-state index contributed by atoms with van der Waals surface area (Å²) in [5, 5.41) is 5.63. The van der Waals surface area contributed by atoms with Crippen LogP contribution >= 0.6 is 0 Å². The molecule has 0 spiro atoms. The van der Waals surface area contributed by atoms with Crippen LogP contribution in [-0.2, 0) is 14.3 Å². The van der Waals surface area contributed by atoms with Gasteiger partial charge in [0.25, 0.3) is 0 Å². The molecule has 5 nitrogen and oxygen atoms in total. The first kappa shape index (κ1) is 17.0. The van der Waals surface area contributed by atoms with Crippen LogP contribution in [0.1, 0.15) is 48.0 Å². The second-order valence-corrected chi connectivity index (χ2v) is 7.41. The number of carbonyl (C=O) groups excluding carboxylic acids is 2. The van der Waals surface area contributed by atoms with Gasteiger partial charge in [0.05, 0.1) is 12.1 Å².